The zero-order valence-electron chi connectivity index (χ0n) is 13.9. The first kappa shape index (κ1) is 16.2. The second kappa shape index (κ2) is 7.29. The van der Waals surface area contributed by atoms with Crippen LogP contribution in [0.3, 0.4) is 0 Å². The third kappa shape index (κ3) is 3.55. The van der Waals surface area contributed by atoms with Gasteiger partial charge in [0.2, 0.25) is 0 Å². The molecule has 2 aliphatic heterocycles. The maximum Gasteiger partial charge on any atom is 0.0901 e. The molecule has 0 bridgehead atoms. The average Bonchev–Trinajstić information content (AvgIpc) is 2.67. The molecule has 4 rings (SSSR count). The van der Waals surface area contributed by atoms with Gasteiger partial charge >= 0.3 is 0 Å². The zero-order chi connectivity index (χ0) is 17.1. The van der Waals surface area contributed by atoms with Gasteiger partial charge in [0.05, 0.1) is 22.4 Å². The minimum atomic E-state index is 0.641. The summed E-state index contributed by atoms with van der Waals surface area (Å²) in [4.78, 5) is 11.1. The first-order chi connectivity index (χ1) is 12.3. The molecular weight excluding hydrogens is 336 g/mol. The largest absolute Gasteiger partial charge is 0.386 e. The Labute approximate surface area is 152 Å². The van der Waals surface area contributed by atoms with Crippen molar-refractivity contribution in [3.05, 3.63) is 58.8 Å². The first-order valence-electron chi connectivity index (χ1n) is 8.54. The van der Waals surface area contributed by atoms with Crippen molar-refractivity contribution in [3.63, 3.8) is 0 Å². The Balaban J connectivity index is 1.51. The second-order valence-corrected chi connectivity index (χ2v) is 6.54. The summed E-state index contributed by atoms with van der Waals surface area (Å²) in [6, 6.07) is 3.88. The number of benzene rings is 1. The van der Waals surface area contributed by atoms with Crippen LogP contribution in [0.5, 0.6) is 0 Å². The van der Waals surface area contributed by atoms with Crippen molar-refractivity contribution in [2.75, 3.05) is 32.7 Å². The molecule has 3 N–H and O–H groups in total. The van der Waals surface area contributed by atoms with E-state index >= 15 is 0 Å². The van der Waals surface area contributed by atoms with Crippen molar-refractivity contribution in [1.29, 1.82) is 0 Å². The molecule has 7 heteroatoms. The van der Waals surface area contributed by atoms with Crippen LogP contribution < -0.4 is 16.0 Å². The molecule has 0 saturated carbocycles. The molecule has 0 spiro atoms. The second-order valence-electron chi connectivity index (χ2n) is 6.13. The van der Waals surface area contributed by atoms with E-state index in [9.17, 15) is 0 Å². The SMILES string of the molecule is Clc1cc2nccnc2cc1CNC1=CNCC=C1N1CCNCC1. The van der Waals surface area contributed by atoms with Crippen molar-refractivity contribution < 1.29 is 0 Å². The van der Waals surface area contributed by atoms with Crippen molar-refractivity contribution in [2.45, 2.75) is 6.54 Å². The highest BCUT2D eigenvalue weighted by atomic mass is 35.5. The fourth-order valence-corrected chi connectivity index (χ4v) is 3.43. The summed E-state index contributed by atoms with van der Waals surface area (Å²) in [5.74, 6) is 0. The van der Waals surface area contributed by atoms with Crippen molar-refractivity contribution in [2.24, 2.45) is 0 Å². The number of halogens is 1. The summed E-state index contributed by atoms with van der Waals surface area (Å²) in [7, 11) is 0. The normalized spacial score (nSPS) is 17.7. The summed E-state index contributed by atoms with van der Waals surface area (Å²) in [6.45, 7) is 5.59. The monoisotopic (exact) mass is 356 g/mol. The number of hydrogen-bond acceptors (Lipinski definition) is 6. The summed E-state index contributed by atoms with van der Waals surface area (Å²) < 4.78 is 0. The van der Waals surface area contributed by atoms with E-state index in [0.717, 1.165) is 55.0 Å². The zero-order valence-corrected chi connectivity index (χ0v) is 14.7. The molecule has 0 radical (unpaired) electrons. The van der Waals surface area contributed by atoms with Gasteiger partial charge in [0.25, 0.3) is 0 Å². The fraction of sp³-hybridized carbons (Fsp3) is 0.333. The molecule has 25 heavy (non-hydrogen) atoms. The smallest absolute Gasteiger partial charge is 0.0901 e. The predicted octanol–water partition coefficient (Wildman–Crippen LogP) is 1.61. The van der Waals surface area contributed by atoms with Crippen LogP contribution in [0.15, 0.2) is 48.2 Å². The van der Waals surface area contributed by atoms with Crippen LogP contribution in [0.1, 0.15) is 5.56 Å². The lowest BCUT2D eigenvalue weighted by molar-refractivity contribution is 0.298. The molecular formula is C18H21ClN6. The van der Waals surface area contributed by atoms with E-state index in [2.05, 4.69) is 36.9 Å². The molecule has 0 atom stereocenters. The van der Waals surface area contributed by atoms with Crippen molar-refractivity contribution >= 4 is 22.6 Å². The Morgan fingerprint density at radius 3 is 2.68 bits per heavy atom. The molecule has 1 saturated heterocycles. The van der Waals surface area contributed by atoms with Gasteiger partial charge in [-0.05, 0) is 23.8 Å². The van der Waals surface area contributed by atoms with Crippen LogP contribution in [0.25, 0.3) is 11.0 Å². The lowest BCUT2D eigenvalue weighted by atomic mass is 10.1. The van der Waals surface area contributed by atoms with Crippen LogP contribution >= 0.6 is 11.6 Å². The number of nitrogens with one attached hydrogen (secondary N) is 3. The number of hydrogen-bond donors (Lipinski definition) is 3. The number of rotatable bonds is 4. The van der Waals surface area contributed by atoms with Crippen molar-refractivity contribution in [1.82, 2.24) is 30.8 Å². The van der Waals surface area contributed by atoms with E-state index < -0.39 is 0 Å². The van der Waals surface area contributed by atoms with Gasteiger partial charge in [0.15, 0.2) is 0 Å². The summed E-state index contributed by atoms with van der Waals surface area (Å²) in [5.41, 5.74) is 5.05. The molecule has 2 aliphatic rings. The van der Waals surface area contributed by atoms with E-state index in [0.29, 0.717) is 11.6 Å². The minimum absolute atomic E-state index is 0.641. The third-order valence-corrected chi connectivity index (χ3v) is 4.85. The van der Waals surface area contributed by atoms with Gasteiger partial charge in [-0.25, -0.2) is 0 Å². The molecule has 0 unspecified atom stereocenters. The molecule has 0 aliphatic carbocycles. The number of piperazine rings is 1. The van der Waals surface area contributed by atoms with Gasteiger partial charge in [0, 0.05) is 62.9 Å². The highest BCUT2D eigenvalue weighted by Crippen LogP contribution is 2.23. The number of fused-ring (bicyclic) bond motifs is 1. The Bertz CT molecular complexity index is 825. The molecule has 2 aromatic rings. The van der Waals surface area contributed by atoms with E-state index in [1.54, 1.807) is 12.4 Å². The third-order valence-electron chi connectivity index (χ3n) is 4.50. The standard InChI is InChI=1S/C18H21ClN6/c19-14-10-16-15(22-3-4-23-16)9-13(14)11-24-17-12-21-2-1-18(17)25-7-5-20-6-8-25/h1,3-4,9-10,12,20-21,24H,2,5-8,11H2. The Morgan fingerprint density at radius 2 is 1.88 bits per heavy atom. The lowest BCUT2D eigenvalue weighted by Crippen LogP contribution is -2.45. The van der Waals surface area contributed by atoms with E-state index in [1.807, 2.05) is 18.3 Å². The first-order valence-corrected chi connectivity index (χ1v) is 8.92. The summed E-state index contributed by atoms with van der Waals surface area (Å²) >= 11 is 6.43. The van der Waals surface area contributed by atoms with Gasteiger partial charge in [-0.3, -0.25) is 9.97 Å². The molecule has 1 aromatic heterocycles. The van der Waals surface area contributed by atoms with Gasteiger partial charge in [-0.2, -0.15) is 0 Å². The van der Waals surface area contributed by atoms with Crippen LogP contribution in [0, 0.1) is 0 Å². The maximum absolute atomic E-state index is 6.43. The fourth-order valence-electron chi connectivity index (χ4n) is 3.20. The molecule has 1 aromatic carbocycles. The van der Waals surface area contributed by atoms with Crippen LogP contribution in [-0.2, 0) is 6.54 Å². The van der Waals surface area contributed by atoms with Gasteiger partial charge in [0.1, 0.15) is 0 Å². The van der Waals surface area contributed by atoms with Crippen LogP contribution in [0.2, 0.25) is 5.02 Å². The van der Waals surface area contributed by atoms with E-state index in [1.165, 1.54) is 5.70 Å². The number of dihydropyridines is 1. The summed E-state index contributed by atoms with van der Waals surface area (Å²) in [5, 5.41) is 10.9. The molecule has 0 amide bonds. The van der Waals surface area contributed by atoms with E-state index in [4.69, 9.17) is 11.6 Å². The Hall–Kier alpha value is -2.31. The van der Waals surface area contributed by atoms with E-state index in [-0.39, 0.29) is 0 Å². The average molecular weight is 357 g/mol. The molecule has 3 heterocycles. The maximum atomic E-state index is 6.43. The number of aromatic nitrogens is 2. The highest BCUT2D eigenvalue weighted by molar-refractivity contribution is 6.32. The molecule has 1 fully saturated rings. The minimum Gasteiger partial charge on any atom is -0.386 e. The lowest BCUT2D eigenvalue weighted by Gasteiger charge is -2.34. The quantitative estimate of drug-likeness (QED) is 0.773. The highest BCUT2D eigenvalue weighted by Gasteiger charge is 2.18. The molecule has 6 nitrogen and oxygen atoms in total. The topological polar surface area (TPSA) is 65.1 Å². The van der Waals surface area contributed by atoms with Crippen LogP contribution in [0.4, 0.5) is 0 Å². The van der Waals surface area contributed by atoms with Crippen molar-refractivity contribution in [3.8, 4) is 0 Å². The summed E-state index contributed by atoms with van der Waals surface area (Å²) in [6.07, 6.45) is 7.67. The Morgan fingerprint density at radius 1 is 1.12 bits per heavy atom. The molecule has 130 valence electrons. The van der Waals surface area contributed by atoms with Crippen LogP contribution in [-0.4, -0.2) is 47.6 Å². The van der Waals surface area contributed by atoms with Gasteiger partial charge < -0.3 is 20.9 Å². The predicted molar refractivity (Wildman–Crippen MR) is 100.0 cm³/mol. The van der Waals surface area contributed by atoms with Gasteiger partial charge in [-0.15, -0.1) is 0 Å². The number of nitrogens with zero attached hydrogens (tertiary/aromatic N) is 3. The van der Waals surface area contributed by atoms with Gasteiger partial charge in [-0.1, -0.05) is 11.6 Å². The Kier molecular flexibility index (Phi) is 4.72.